The zero-order valence-electron chi connectivity index (χ0n) is 14.9. The van der Waals surface area contributed by atoms with Gasteiger partial charge in [0, 0.05) is 12.0 Å². The van der Waals surface area contributed by atoms with Gasteiger partial charge in [0.15, 0.2) is 0 Å². The molecule has 0 amide bonds. The first kappa shape index (κ1) is 17.8. The predicted octanol–water partition coefficient (Wildman–Crippen LogP) is 5.10. The molecule has 0 fully saturated rings. The molecule has 140 valence electrons. The van der Waals surface area contributed by atoms with Gasteiger partial charge in [-0.05, 0) is 41.0 Å². The van der Waals surface area contributed by atoms with Crippen molar-refractivity contribution in [3.05, 3.63) is 94.8 Å². The number of hydrogen-bond acceptors (Lipinski definition) is 3. The summed E-state index contributed by atoms with van der Waals surface area (Å²) in [5, 5.41) is 20.0. The molecule has 0 aromatic heterocycles. The average molecular weight is 376 g/mol. The summed E-state index contributed by atoms with van der Waals surface area (Å²) in [5.74, 6) is -1.18. The van der Waals surface area contributed by atoms with Crippen molar-refractivity contribution in [3.63, 3.8) is 0 Å². The number of carboxylic acid groups (broad SMARTS) is 1. The van der Waals surface area contributed by atoms with E-state index in [4.69, 9.17) is 4.74 Å². The summed E-state index contributed by atoms with van der Waals surface area (Å²) in [4.78, 5) is 11.5. The Labute approximate surface area is 161 Å². The van der Waals surface area contributed by atoms with Gasteiger partial charge in [-0.1, -0.05) is 42.5 Å². The van der Waals surface area contributed by atoms with Gasteiger partial charge >= 0.3 is 5.97 Å². The van der Waals surface area contributed by atoms with Crippen LogP contribution in [0.3, 0.4) is 0 Å². The SMILES string of the molecule is O=C(O)c1cc(F)ccc1-c1ccc2c(c1)OCC(Cc1ccccc1)=C2O. The van der Waals surface area contributed by atoms with Crippen LogP contribution in [0.5, 0.6) is 5.75 Å². The zero-order chi connectivity index (χ0) is 19.7. The molecule has 0 unspecified atom stereocenters. The Morgan fingerprint density at radius 3 is 2.50 bits per heavy atom. The minimum Gasteiger partial charge on any atom is -0.507 e. The molecule has 0 atom stereocenters. The first-order valence-electron chi connectivity index (χ1n) is 8.78. The fourth-order valence-corrected chi connectivity index (χ4v) is 3.35. The number of ether oxygens (including phenoxy) is 1. The molecule has 4 nitrogen and oxygen atoms in total. The van der Waals surface area contributed by atoms with Crippen molar-refractivity contribution in [1.82, 2.24) is 0 Å². The van der Waals surface area contributed by atoms with Crippen LogP contribution in [-0.4, -0.2) is 22.8 Å². The number of aliphatic hydroxyl groups excluding tert-OH is 1. The van der Waals surface area contributed by atoms with E-state index in [9.17, 15) is 19.4 Å². The van der Waals surface area contributed by atoms with E-state index in [1.807, 2.05) is 30.3 Å². The number of aromatic carboxylic acids is 1. The normalized spacial score (nSPS) is 13.0. The van der Waals surface area contributed by atoms with Gasteiger partial charge in [-0.2, -0.15) is 0 Å². The maximum atomic E-state index is 13.4. The third kappa shape index (κ3) is 3.34. The highest BCUT2D eigenvalue weighted by Gasteiger charge is 2.22. The lowest BCUT2D eigenvalue weighted by atomic mass is 9.95. The summed E-state index contributed by atoms with van der Waals surface area (Å²) >= 11 is 0. The lowest BCUT2D eigenvalue weighted by Gasteiger charge is -2.22. The zero-order valence-corrected chi connectivity index (χ0v) is 14.9. The number of hydrogen-bond donors (Lipinski definition) is 2. The smallest absolute Gasteiger partial charge is 0.336 e. The van der Waals surface area contributed by atoms with Crippen LogP contribution in [0, 0.1) is 5.82 Å². The largest absolute Gasteiger partial charge is 0.507 e. The quantitative estimate of drug-likeness (QED) is 0.665. The molecule has 0 spiro atoms. The number of aliphatic hydroxyl groups is 1. The van der Waals surface area contributed by atoms with Crippen molar-refractivity contribution >= 4 is 11.7 Å². The van der Waals surface area contributed by atoms with Crippen molar-refractivity contribution in [2.24, 2.45) is 0 Å². The maximum absolute atomic E-state index is 13.4. The molecule has 2 N–H and O–H groups in total. The van der Waals surface area contributed by atoms with Gasteiger partial charge < -0.3 is 14.9 Å². The van der Waals surface area contributed by atoms with E-state index in [1.54, 1.807) is 18.2 Å². The van der Waals surface area contributed by atoms with Gasteiger partial charge in [-0.3, -0.25) is 0 Å². The Bertz CT molecular complexity index is 1090. The second kappa shape index (κ2) is 7.19. The minimum absolute atomic E-state index is 0.125. The summed E-state index contributed by atoms with van der Waals surface area (Å²) in [7, 11) is 0. The topological polar surface area (TPSA) is 66.8 Å². The highest BCUT2D eigenvalue weighted by atomic mass is 19.1. The van der Waals surface area contributed by atoms with Gasteiger partial charge in [0.1, 0.15) is 23.9 Å². The summed E-state index contributed by atoms with van der Waals surface area (Å²) in [6, 6.07) is 18.5. The van der Waals surface area contributed by atoms with E-state index in [2.05, 4.69) is 0 Å². The van der Waals surface area contributed by atoms with Crippen LogP contribution < -0.4 is 4.74 Å². The Kier molecular flexibility index (Phi) is 4.57. The molecule has 3 aromatic carbocycles. The second-order valence-electron chi connectivity index (χ2n) is 6.61. The second-order valence-corrected chi connectivity index (χ2v) is 6.61. The van der Waals surface area contributed by atoms with E-state index < -0.39 is 11.8 Å². The van der Waals surface area contributed by atoms with Crippen molar-refractivity contribution < 1.29 is 24.1 Å². The molecule has 3 aromatic rings. The molecule has 0 saturated carbocycles. The molecule has 5 heteroatoms. The first-order valence-corrected chi connectivity index (χ1v) is 8.78. The van der Waals surface area contributed by atoms with Gasteiger partial charge in [-0.15, -0.1) is 0 Å². The fourth-order valence-electron chi connectivity index (χ4n) is 3.35. The summed E-state index contributed by atoms with van der Waals surface area (Å²) < 4.78 is 19.3. The van der Waals surface area contributed by atoms with Crippen molar-refractivity contribution in [3.8, 4) is 16.9 Å². The third-order valence-corrected chi connectivity index (χ3v) is 4.76. The Morgan fingerprint density at radius 1 is 1.00 bits per heavy atom. The highest BCUT2D eigenvalue weighted by molar-refractivity contribution is 5.96. The predicted molar refractivity (Wildman–Crippen MR) is 104 cm³/mol. The molecule has 0 radical (unpaired) electrons. The van der Waals surface area contributed by atoms with Crippen LogP contribution in [0.25, 0.3) is 16.9 Å². The average Bonchev–Trinajstić information content (AvgIpc) is 2.70. The molecular weight excluding hydrogens is 359 g/mol. The number of carboxylic acids is 1. The van der Waals surface area contributed by atoms with Crippen LogP contribution >= 0.6 is 0 Å². The van der Waals surface area contributed by atoms with E-state index >= 15 is 0 Å². The lowest BCUT2D eigenvalue weighted by Crippen LogP contribution is -2.13. The van der Waals surface area contributed by atoms with Crippen LogP contribution in [0.2, 0.25) is 0 Å². The molecule has 1 aliphatic rings. The molecule has 0 bridgehead atoms. The van der Waals surface area contributed by atoms with Crippen LogP contribution in [0.15, 0.2) is 72.3 Å². The Hall–Kier alpha value is -3.60. The van der Waals surface area contributed by atoms with Crippen LogP contribution in [0.4, 0.5) is 4.39 Å². The first-order chi connectivity index (χ1) is 13.5. The number of halogens is 1. The summed E-state index contributed by atoms with van der Waals surface area (Å²) in [6.45, 7) is 0.242. The number of benzene rings is 3. The molecule has 0 aliphatic carbocycles. The third-order valence-electron chi connectivity index (χ3n) is 4.76. The molecular formula is C23H17FO4. The van der Waals surface area contributed by atoms with Crippen molar-refractivity contribution in [2.45, 2.75) is 6.42 Å². The van der Waals surface area contributed by atoms with Crippen molar-refractivity contribution in [1.29, 1.82) is 0 Å². The maximum Gasteiger partial charge on any atom is 0.336 e. The molecule has 28 heavy (non-hydrogen) atoms. The van der Waals surface area contributed by atoms with E-state index in [0.717, 1.165) is 17.2 Å². The molecule has 1 heterocycles. The van der Waals surface area contributed by atoms with Crippen LogP contribution in [0.1, 0.15) is 21.5 Å². The number of rotatable bonds is 4. The monoisotopic (exact) mass is 376 g/mol. The van der Waals surface area contributed by atoms with Crippen LogP contribution in [-0.2, 0) is 6.42 Å². The van der Waals surface area contributed by atoms with E-state index in [1.165, 1.54) is 12.1 Å². The lowest BCUT2D eigenvalue weighted by molar-refractivity contribution is 0.0697. The standard InChI is InChI=1S/C23H17FO4/c24-17-7-9-18(20(12-17)23(26)27)15-6-8-19-21(11-15)28-13-16(22(19)25)10-14-4-2-1-3-5-14/h1-9,11-12,25H,10,13H2,(H,26,27). The molecule has 4 rings (SSSR count). The van der Waals surface area contributed by atoms with Gasteiger partial charge in [0.2, 0.25) is 0 Å². The molecule has 0 saturated heterocycles. The van der Waals surface area contributed by atoms with Gasteiger partial charge in [0.25, 0.3) is 0 Å². The minimum atomic E-state index is -1.21. The highest BCUT2D eigenvalue weighted by Crippen LogP contribution is 2.37. The fraction of sp³-hybridized carbons (Fsp3) is 0.0870. The van der Waals surface area contributed by atoms with E-state index in [0.29, 0.717) is 28.9 Å². The number of carbonyl (C=O) groups is 1. The van der Waals surface area contributed by atoms with Crippen molar-refractivity contribution in [2.75, 3.05) is 6.61 Å². The Morgan fingerprint density at radius 2 is 1.75 bits per heavy atom. The van der Waals surface area contributed by atoms with E-state index in [-0.39, 0.29) is 17.9 Å². The van der Waals surface area contributed by atoms with Gasteiger partial charge in [0.05, 0.1) is 11.1 Å². The van der Waals surface area contributed by atoms with Gasteiger partial charge in [-0.25, -0.2) is 9.18 Å². The summed E-state index contributed by atoms with van der Waals surface area (Å²) in [6.07, 6.45) is 0.578. The Balaban J connectivity index is 1.71. The summed E-state index contributed by atoms with van der Waals surface area (Å²) in [5.41, 5.74) is 3.25. The molecule has 1 aliphatic heterocycles. The number of fused-ring (bicyclic) bond motifs is 1.